The summed E-state index contributed by atoms with van der Waals surface area (Å²) in [5, 5.41) is 18.5. The maximum atomic E-state index is 9.48. The maximum absolute atomic E-state index is 9.48. The fraction of sp³-hybridized carbons (Fsp3) is 1.00. The monoisotopic (exact) mass is 300 g/mol. The van der Waals surface area contributed by atoms with Crippen molar-refractivity contribution >= 4 is 22.6 Å². The molecular weight excluding hydrogens is 279 g/mol. The molecule has 0 radical (unpaired) electrons. The Bertz CT molecular complexity index is 107. The van der Waals surface area contributed by atoms with Gasteiger partial charge in [-0.25, -0.2) is 0 Å². The average molecular weight is 300 g/mol. The van der Waals surface area contributed by atoms with Crippen LogP contribution in [0.25, 0.3) is 0 Å². The molecule has 0 aliphatic rings. The summed E-state index contributed by atoms with van der Waals surface area (Å²) in [5.74, 6) is 0. The van der Waals surface area contributed by atoms with Crippen LogP contribution in [0.1, 0.15) is 45.4 Å². The van der Waals surface area contributed by atoms with E-state index in [2.05, 4.69) is 22.6 Å². The first-order valence-corrected chi connectivity index (χ1v) is 6.61. The lowest BCUT2D eigenvalue weighted by atomic mass is 10.0. The van der Waals surface area contributed by atoms with Crippen molar-refractivity contribution in [1.82, 2.24) is 0 Å². The summed E-state index contributed by atoms with van der Waals surface area (Å²) in [6.07, 6.45) is 5.45. The van der Waals surface area contributed by atoms with Gasteiger partial charge in [-0.15, -0.1) is 0 Å². The van der Waals surface area contributed by atoms with Crippen LogP contribution >= 0.6 is 22.6 Å². The van der Waals surface area contributed by atoms with Gasteiger partial charge in [-0.3, -0.25) is 0 Å². The van der Waals surface area contributed by atoms with Gasteiger partial charge in [-0.05, 0) is 37.0 Å². The molecule has 2 unspecified atom stereocenters. The zero-order valence-corrected chi connectivity index (χ0v) is 10.5. The van der Waals surface area contributed by atoms with Gasteiger partial charge in [-0.1, -0.05) is 35.4 Å². The van der Waals surface area contributed by atoms with Crippen LogP contribution in [-0.2, 0) is 0 Å². The Hall–Kier alpha value is 0.650. The predicted molar refractivity (Wildman–Crippen MR) is 64.3 cm³/mol. The molecule has 2 atom stereocenters. The van der Waals surface area contributed by atoms with Crippen LogP contribution in [0.15, 0.2) is 0 Å². The maximum Gasteiger partial charge on any atom is 0.0541 e. The quantitative estimate of drug-likeness (QED) is 0.411. The normalized spacial score (nSPS) is 15.7. The second kappa shape index (κ2) is 9.21. The molecule has 0 aromatic rings. The molecule has 13 heavy (non-hydrogen) atoms. The number of aliphatic hydroxyl groups is 2. The topological polar surface area (TPSA) is 40.5 Å². The molecule has 0 aromatic carbocycles. The molecule has 0 heterocycles. The minimum Gasteiger partial charge on any atom is -0.393 e. The van der Waals surface area contributed by atoms with Crippen LogP contribution in [-0.4, -0.2) is 26.8 Å². The van der Waals surface area contributed by atoms with E-state index in [0.29, 0.717) is 6.42 Å². The van der Waals surface area contributed by atoms with E-state index < -0.39 is 0 Å². The zero-order chi connectivity index (χ0) is 10.1. The van der Waals surface area contributed by atoms with Gasteiger partial charge in [0.2, 0.25) is 0 Å². The van der Waals surface area contributed by atoms with Gasteiger partial charge in [0.05, 0.1) is 12.2 Å². The summed E-state index contributed by atoms with van der Waals surface area (Å²) in [6.45, 7) is 1.77. The third kappa shape index (κ3) is 10.6. The molecule has 0 bridgehead atoms. The van der Waals surface area contributed by atoms with Crippen molar-refractivity contribution in [3.05, 3.63) is 0 Å². The lowest BCUT2D eigenvalue weighted by molar-refractivity contribution is 0.115. The van der Waals surface area contributed by atoms with E-state index in [1.165, 1.54) is 17.3 Å². The second-order valence-corrected chi connectivity index (χ2v) is 4.70. The first kappa shape index (κ1) is 13.7. The number of alkyl halides is 1. The molecule has 2 nitrogen and oxygen atoms in total. The molecule has 0 fully saturated rings. The zero-order valence-electron chi connectivity index (χ0n) is 8.38. The molecule has 0 saturated heterocycles. The van der Waals surface area contributed by atoms with Crippen LogP contribution in [0, 0.1) is 0 Å². The average Bonchev–Trinajstić information content (AvgIpc) is 2.09. The molecule has 0 amide bonds. The number of unbranched alkanes of at least 4 members (excludes halogenated alkanes) is 2. The molecule has 0 aliphatic carbocycles. The van der Waals surface area contributed by atoms with Crippen LogP contribution in [0.2, 0.25) is 0 Å². The largest absolute Gasteiger partial charge is 0.393 e. The van der Waals surface area contributed by atoms with Crippen molar-refractivity contribution in [2.75, 3.05) is 4.43 Å². The molecule has 0 aliphatic heterocycles. The Kier molecular flexibility index (Phi) is 9.68. The lowest BCUT2D eigenvalue weighted by Crippen LogP contribution is -2.10. The Morgan fingerprint density at radius 1 is 1.00 bits per heavy atom. The van der Waals surface area contributed by atoms with Crippen LogP contribution in [0.3, 0.4) is 0 Å². The Morgan fingerprint density at radius 2 is 1.69 bits per heavy atom. The van der Waals surface area contributed by atoms with E-state index in [4.69, 9.17) is 5.11 Å². The minimum absolute atomic E-state index is 0.205. The van der Waals surface area contributed by atoms with Crippen molar-refractivity contribution < 1.29 is 10.2 Å². The van der Waals surface area contributed by atoms with E-state index in [1.54, 1.807) is 6.92 Å². The number of hydrogen-bond acceptors (Lipinski definition) is 2. The summed E-state index contributed by atoms with van der Waals surface area (Å²) < 4.78 is 1.21. The molecule has 0 saturated carbocycles. The van der Waals surface area contributed by atoms with E-state index in [9.17, 15) is 5.11 Å². The highest BCUT2D eigenvalue weighted by Gasteiger charge is 2.05. The Labute approximate surface area is 94.9 Å². The molecule has 0 spiro atoms. The van der Waals surface area contributed by atoms with Gasteiger partial charge in [0.15, 0.2) is 0 Å². The number of rotatable bonds is 8. The fourth-order valence-corrected chi connectivity index (χ4v) is 1.77. The van der Waals surface area contributed by atoms with E-state index in [1.807, 2.05) is 0 Å². The van der Waals surface area contributed by atoms with E-state index in [0.717, 1.165) is 19.3 Å². The number of hydrogen-bond donors (Lipinski definition) is 2. The van der Waals surface area contributed by atoms with Gasteiger partial charge in [0.25, 0.3) is 0 Å². The first-order chi connectivity index (χ1) is 6.16. The van der Waals surface area contributed by atoms with Crippen LogP contribution in [0.5, 0.6) is 0 Å². The summed E-state index contributed by atoms with van der Waals surface area (Å²) in [5.41, 5.74) is 0. The highest BCUT2D eigenvalue weighted by Crippen LogP contribution is 2.10. The molecule has 2 N–H and O–H groups in total. The summed E-state index contributed by atoms with van der Waals surface area (Å²) in [6, 6.07) is 0. The highest BCUT2D eigenvalue weighted by atomic mass is 127. The third-order valence-corrected chi connectivity index (χ3v) is 2.85. The van der Waals surface area contributed by atoms with Crippen molar-refractivity contribution in [3.8, 4) is 0 Å². The smallest absolute Gasteiger partial charge is 0.0541 e. The molecule has 0 aromatic heterocycles. The molecule has 80 valence electrons. The van der Waals surface area contributed by atoms with Gasteiger partial charge in [0.1, 0.15) is 0 Å². The summed E-state index contributed by atoms with van der Waals surface area (Å²) >= 11 is 2.37. The van der Waals surface area contributed by atoms with Crippen molar-refractivity contribution in [2.24, 2.45) is 0 Å². The van der Waals surface area contributed by atoms with Crippen molar-refractivity contribution in [1.29, 1.82) is 0 Å². The van der Waals surface area contributed by atoms with Crippen molar-refractivity contribution in [2.45, 2.75) is 57.7 Å². The number of aliphatic hydroxyl groups excluding tert-OH is 2. The van der Waals surface area contributed by atoms with E-state index in [-0.39, 0.29) is 12.2 Å². The minimum atomic E-state index is -0.274. The van der Waals surface area contributed by atoms with Crippen LogP contribution < -0.4 is 0 Å². The Balaban J connectivity index is 3.15. The fourth-order valence-electron chi connectivity index (χ4n) is 1.23. The van der Waals surface area contributed by atoms with Gasteiger partial charge >= 0.3 is 0 Å². The molecule has 0 rings (SSSR count). The van der Waals surface area contributed by atoms with Gasteiger partial charge in [-0.2, -0.15) is 0 Å². The summed E-state index contributed by atoms with van der Waals surface area (Å²) in [4.78, 5) is 0. The highest BCUT2D eigenvalue weighted by molar-refractivity contribution is 14.1. The van der Waals surface area contributed by atoms with Crippen LogP contribution in [0.4, 0.5) is 0 Å². The number of halogens is 1. The predicted octanol–water partition coefficient (Wildman–Crippen LogP) is 2.50. The lowest BCUT2D eigenvalue weighted by Gasteiger charge is -2.10. The van der Waals surface area contributed by atoms with E-state index >= 15 is 0 Å². The van der Waals surface area contributed by atoms with Crippen molar-refractivity contribution in [3.63, 3.8) is 0 Å². The van der Waals surface area contributed by atoms with Gasteiger partial charge < -0.3 is 10.2 Å². The first-order valence-electron chi connectivity index (χ1n) is 5.09. The SMILES string of the molecule is CC(O)CCC(O)CCCCCI. The Morgan fingerprint density at radius 3 is 2.23 bits per heavy atom. The van der Waals surface area contributed by atoms with Gasteiger partial charge in [0, 0.05) is 0 Å². The third-order valence-electron chi connectivity index (χ3n) is 2.09. The standard InChI is InChI=1S/C10H21IO2/c1-9(12)6-7-10(13)5-3-2-4-8-11/h9-10,12-13H,2-8H2,1H3. The summed E-state index contributed by atoms with van der Waals surface area (Å²) in [7, 11) is 0. The molecular formula is C10H21IO2. The molecule has 3 heteroatoms. The second-order valence-electron chi connectivity index (χ2n) is 3.62.